The highest BCUT2D eigenvalue weighted by Crippen LogP contribution is 2.27. The number of carbonyl (C=O) groups excluding carboxylic acids is 1. The standard InChI is InChI=1S/C23H26ClN3O2/c1-4-14-26(21(28)6-3)20(5-2)22-25-19-13-8-7-12-18(19)23(29)27(22)17-11-9-10-16(24)15-17/h7-13,15,20H,4-6,14H2,1-3H3. The van der Waals surface area contributed by atoms with Crippen molar-refractivity contribution in [3.05, 3.63) is 69.7 Å². The molecule has 1 heterocycles. The number of hydrogen-bond acceptors (Lipinski definition) is 3. The summed E-state index contributed by atoms with van der Waals surface area (Å²) in [6, 6.07) is 14.2. The largest absolute Gasteiger partial charge is 0.333 e. The molecule has 1 aromatic heterocycles. The maximum absolute atomic E-state index is 13.5. The molecule has 0 aliphatic heterocycles. The van der Waals surface area contributed by atoms with E-state index in [2.05, 4.69) is 0 Å². The average Bonchev–Trinajstić information content (AvgIpc) is 2.73. The van der Waals surface area contributed by atoms with E-state index in [4.69, 9.17) is 16.6 Å². The molecule has 152 valence electrons. The van der Waals surface area contributed by atoms with E-state index in [0.717, 1.165) is 6.42 Å². The van der Waals surface area contributed by atoms with Gasteiger partial charge >= 0.3 is 0 Å². The number of para-hydroxylation sites is 1. The highest BCUT2D eigenvalue weighted by Gasteiger charge is 2.27. The van der Waals surface area contributed by atoms with Gasteiger partial charge < -0.3 is 4.90 Å². The summed E-state index contributed by atoms with van der Waals surface area (Å²) in [7, 11) is 0. The van der Waals surface area contributed by atoms with Crippen molar-refractivity contribution in [3.63, 3.8) is 0 Å². The second-order valence-electron chi connectivity index (χ2n) is 6.97. The molecule has 0 aliphatic carbocycles. The minimum absolute atomic E-state index is 0.0544. The van der Waals surface area contributed by atoms with E-state index in [1.54, 1.807) is 22.8 Å². The molecule has 0 saturated carbocycles. The lowest BCUT2D eigenvalue weighted by atomic mass is 10.1. The zero-order chi connectivity index (χ0) is 21.0. The zero-order valence-corrected chi connectivity index (χ0v) is 17.8. The van der Waals surface area contributed by atoms with Crippen LogP contribution in [0.15, 0.2) is 53.3 Å². The lowest BCUT2D eigenvalue weighted by Gasteiger charge is -2.32. The van der Waals surface area contributed by atoms with Gasteiger partial charge in [-0.05, 0) is 43.2 Å². The van der Waals surface area contributed by atoms with Crippen molar-refractivity contribution in [2.24, 2.45) is 0 Å². The monoisotopic (exact) mass is 411 g/mol. The summed E-state index contributed by atoms with van der Waals surface area (Å²) in [6.07, 6.45) is 1.89. The van der Waals surface area contributed by atoms with Crippen molar-refractivity contribution in [1.82, 2.24) is 14.5 Å². The minimum atomic E-state index is -0.307. The van der Waals surface area contributed by atoms with Gasteiger partial charge in [0.1, 0.15) is 5.82 Å². The van der Waals surface area contributed by atoms with E-state index >= 15 is 0 Å². The lowest BCUT2D eigenvalue weighted by Crippen LogP contribution is -2.38. The van der Waals surface area contributed by atoms with Crippen molar-refractivity contribution < 1.29 is 4.79 Å². The molecular weight excluding hydrogens is 386 g/mol. The number of aromatic nitrogens is 2. The van der Waals surface area contributed by atoms with Crippen LogP contribution in [0.2, 0.25) is 5.02 Å². The van der Waals surface area contributed by atoms with Crippen molar-refractivity contribution in [1.29, 1.82) is 0 Å². The molecular formula is C23H26ClN3O2. The minimum Gasteiger partial charge on any atom is -0.333 e. The first-order chi connectivity index (χ1) is 14.0. The van der Waals surface area contributed by atoms with E-state index in [1.165, 1.54) is 0 Å². The molecule has 0 spiro atoms. The van der Waals surface area contributed by atoms with Gasteiger partial charge in [0, 0.05) is 18.0 Å². The summed E-state index contributed by atoms with van der Waals surface area (Å²) in [5.41, 5.74) is 1.12. The van der Waals surface area contributed by atoms with Crippen LogP contribution < -0.4 is 5.56 Å². The molecule has 0 N–H and O–H groups in total. The van der Waals surface area contributed by atoms with Crippen molar-refractivity contribution >= 4 is 28.4 Å². The Morgan fingerprint density at radius 2 is 1.90 bits per heavy atom. The number of carbonyl (C=O) groups is 1. The van der Waals surface area contributed by atoms with Gasteiger partial charge in [-0.15, -0.1) is 0 Å². The zero-order valence-electron chi connectivity index (χ0n) is 17.1. The highest BCUT2D eigenvalue weighted by atomic mass is 35.5. The normalized spacial score (nSPS) is 12.1. The predicted molar refractivity (Wildman–Crippen MR) is 118 cm³/mol. The summed E-state index contributed by atoms with van der Waals surface area (Å²) < 4.78 is 1.61. The molecule has 29 heavy (non-hydrogen) atoms. The molecule has 1 amide bonds. The predicted octanol–water partition coefficient (Wildman–Crippen LogP) is 5.14. The summed E-state index contributed by atoms with van der Waals surface area (Å²) in [5, 5.41) is 1.08. The molecule has 1 atom stereocenters. The molecule has 0 radical (unpaired) electrons. The summed E-state index contributed by atoms with van der Waals surface area (Å²) >= 11 is 6.22. The maximum atomic E-state index is 13.5. The molecule has 0 fully saturated rings. The van der Waals surface area contributed by atoms with E-state index < -0.39 is 0 Å². The third-order valence-corrected chi connectivity index (χ3v) is 5.25. The second kappa shape index (κ2) is 9.23. The fourth-order valence-electron chi connectivity index (χ4n) is 3.68. The van der Waals surface area contributed by atoms with Crippen LogP contribution in [-0.2, 0) is 4.79 Å². The van der Waals surface area contributed by atoms with Crippen LogP contribution in [0.25, 0.3) is 16.6 Å². The number of amides is 1. The van der Waals surface area contributed by atoms with Gasteiger partial charge in [0.25, 0.3) is 5.56 Å². The van der Waals surface area contributed by atoms with Crippen LogP contribution in [0, 0.1) is 0 Å². The number of rotatable bonds is 7. The topological polar surface area (TPSA) is 55.2 Å². The fraction of sp³-hybridized carbons (Fsp3) is 0.348. The number of halogens is 1. The maximum Gasteiger partial charge on any atom is 0.266 e. The van der Waals surface area contributed by atoms with Crippen LogP contribution in [0.5, 0.6) is 0 Å². The van der Waals surface area contributed by atoms with Crippen LogP contribution in [0.1, 0.15) is 51.9 Å². The molecule has 6 heteroatoms. The van der Waals surface area contributed by atoms with E-state index in [9.17, 15) is 9.59 Å². The first kappa shape index (κ1) is 21.1. The summed E-state index contributed by atoms with van der Waals surface area (Å²) in [6.45, 7) is 6.53. The molecule has 2 aromatic carbocycles. The van der Waals surface area contributed by atoms with Gasteiger partial charge in [-0.1, -0.05) is 50.6 Å². The second-order valence-corrected chi connectivity index (χ2v) is 7.41. The van der Waals surface area contributed by atoms with Crippen LogP contribution in [-0.4, -0.2) is 26.9 Å². The molecule has 1 unspecified atom stereocenters. The molecule has 5 nitrogen and oxygen atoms in total. The molecule has 0 bridgehead atoms. The number of fused-ring (bicyclic) bond motifs is 1. The fourth-order valence-corrected chi connectivity index (χ4v) is 3.86. The van der Waals surface area contributed by atoms with Gasteiger partial charge in [-0.3, -0.25) is 14.2 Å². The summed E-state index contributed by atoms with van der Waals surface area (Å²) in [4.78, 5) is 32.9. The molecule has 0 saturated heterocycles. The molecule has 3 aromatic rings. The van der Waals surface area contributed by atoms with E-state index in [0.29, 0.717) is 46.8 Å². The van der Waals surface area contributed by atoms with Crippen molar-refractivity contribution in [2.45, 2.75) is 46.1 Å². The van der Waals surface area contributed by atoms with Crippen LogP contribution in [0.3, 0.4) is 0 Å². The first-order valence-corrected chi connectivity index (χ1v) is 10.5. The first-order valence-electron chi connectivity index (χ1n) is 10.1. The van der Waals surface area contributed by atoms with Crippen molar-refractivity contribution in [2.75, 3.05) is 6.54 Å². The Bertz CT molecular complexity index is 1080. The number of nitrogens with zero attached hydrogens (tertiary/aromatic N) is 3. The Morgan fingerprint density at radius 1 is 1.14 bits per heavy atom. The Kier molecular flexibility index (Phi) is 6.70. The van der Waals surface area contributed by atoms with E-state index in [1.807, 2.05) is 56.0 Å². The lowest BCUT2D eigenvalue weighted by molar-refractivity contribution is -0.133. The van der Waals surface area contributed by atoms with E-state index in [-0.39, 0.29) is 17.5 Å². The van der Waals surface area contributed by atoms with Gasteiger partial charge in [0.2, 0.25) is 5.91 Å². The Balaban J connectivity index is 2.33. The number of hydrogen-bond donors (Lipinski definition) is 0. The summed E-state index contributed by atoms with van der Waals surface area (Å²) in [5.74, 6) is 0.618. The van der Waals surface area contributed by atoms with Crippen LogP contribution >= 0.6 is 11.6 Å². The smallest absolute Gasteiger partial charge is 0.266 e. The Hall–Kier alpha value is -2.66. The van der Waals surface area contributed by atoms with Gasteiger partial charge in [0.05, 0.1) is 22.6 Å². The third kappa shape index (κ3) is 4.20. The quantitative estimate of drug-likeness (QED) is 0.541. The molecule has 3 rings (SSSR count). The average molecular weight is 412 g/mol. The Labute approximate surface area is 175 Å². The van der Waals surface area contributed by atoms with Crippen LogP contribution in [0.4, 0.5) is 0 Å². The third-order valence-electron chi connectivity index (χ3n) is 5.02. The highest BCUT2D eigenvalue weighted by molar-refractivity contribution is 6.30. The van der Waals surface area contributed by atoms with Gasteiger partial charge in [0.15, 0.2) is 0 Å². The molecule has 0 aliphatic rings. The SMILES string of the molecule is CCCN(C(=O)CC)C(CC)c1nc2ccccc2c(=O)n1-c1cccc(Cl)c1. The van der Waals surface area contributed by atoms with Crippen molar-refractivity contribution in [3.8, 4) is 5.69 Å². The Morgan fingerprint density at radius 3 is 2.55 bits per heavy atom. The number of benzene rings is 2. The van der Waals surface area contributed by atoms with Gasteiger partial charge in [-0.25, -0.2) is 4.98 Å². The van der Waals surface area contributed by atoms with Gasteiger partial charge in [-0.2, -0.15) is 0 Å².